The molecule has 32 heavy (non-hydrogen) atoms. The van der Waals surface area contributed by atoms with Crippen LogP contribution in [0.3, 0.4) is 0 Å². The zero-order valence-electron chi connectivity index (χ0n) is 18.8. The highest BCUT2D eigenvalue weighted by Gasteiger charge is 2.45. The van der Waals surface area contributed by atoms with Crippen LogP contribution in [0.2, 0.25) is 0 Å². The highest BCUT2D eigenvalue weighted by atomic mass is 16.5. The highest BCUT2D eigenvalue weighted by molar-refractivity contribution is 6.46. The minimum Gasteiger partial charge on any atom is -0.507 e. The third kappa shape index (κ3) is 4.54. The van der Waals surface area contributed by atoms with E-state index >= 15 is 0 Å². The molecule has 1 heterocycles. The second-order valence-corrected chi connectivity index (χ2v) is 7.70. The SMILES string of the molecule is C=CCOc1cccc(C2/C(=C(\O)c3ccc(OC)c(C)c3)C(=O)C(=O)N2CCCC)c1. The number of aliphatic hydroxyl groups excluding tert-OH is 1. The predicted octanol–water partition coefficient (Wildman–Crippen LogP) is 4.79. The Morgan fingerprint density at radius 2 is 2.00 bits per heavy atom. The van der Waals surface area contributed by atoms with Crippen molar-refractivity contribution in [3.05, 3.63) is 77.4 Å². The lowest BCUT2D eigenvalue weighted by atomic mass is 9.94. The molecule has 1 saturated heterocycles. The van der Waals surface area contributed by atoms with Crippen molar-refractivity contribution in [2.24, 2.45) is 0 Å². The Bertz CT molecular complexity index is 1060. The van der Waals surface area contributed by atoms with Gasteiger partial charge in [0.25, 0.3) is 11.7 Å². The molecule has 6 heteroatoms. The van der Waals surface area contributed by atoms with Crippen LogP contribution in [0.1, 0.15) is 42.5 Å². The summed E-state index contributed by atoms with van der Waals surface area (Å²) >= 11 is 0. The van der Waals surface area contributed by atoms with Crippen LogP contribution in [0, 0.1) is 6.92 Å². The molecule has 2 aromatic rings. The molecular weight excluding hydrogens is 406 g/mol. The normalized spacial score (nSPS) is 17.5. The Kier molecular flexibility index (Phi) is 7.36. The Balaban J connectivity index is 2.14. The molecule has 1 amide bonds. The van der Waals surface area contributed by atoms with Gasteiger partial charge in [0.15, 0.2) is 0 Å². The van der Waals surface area contributed by atoms with Crippen LogP contribution < -0.4 is 9.47 Å². The van der Waals surface area contributed by atoms with E-state index in [9.17, 15) is 14.7 Å². The van der Waals surface area contributed by atoms with Gasteiger partial charge >= 0.3 is 0 Å². The van der Waals surface area contributed by atoms with E-state index in [1.807, 2.05) is 26.0 Å². The largest absolute Gasteiger partial charge is 0.507 e. The lowest BCUT2D eigenvalue weighted by Gasteiger charge is -2.25. The number of carbonyl (C=O) groups is 2. The summed E-state index contributed by atoms with van der Waals surface area (Å²) in [6, 6.07) is 11.7. The van der Waals surface area contributed by atoms with E-state index in [1.54, 1.807) is 48.4 Å². The van der Waals surface area contributed by atoms with E-state index in [0.29, 0.717) is 35.8 Å². The second-order valence-electron chi connectivity index (χ2n) is 7.70. The summed E-state index contributed by atoms with van der Waals surface area (Å²) in [6.45, 7) is 8.29. The summed E-state index contributed by atoms with van der Waals surface area (Å²) in [5.41, 5.74) is 2.05. The summed E-state index contributed by atoms with van der Waals surface area (Å²) in [4.78, 5) is 27.5. The fourth-order valence-electron chi connectivity index (χ4n) is 3.90. The molecule has 6 nitrogen and oxygen atoms in total. The zero-order valence-corrected chi connectivity index (χ0v) is 18.8. The zero-order chi connectivity index (χ0) is 23.3. The predicted molar refractivity (Wildman–Crippen MR) is 124 cm³/mol. The number of benzene rings is 2. The second kappa shape index (κ2) is 10.2. The Hall–Kier alpha value is -3.54. The van der Waals surface area contributed by atoms with Crippen molar-refractivity contribution in [3.63, 3.8) is 0 Å². The van der Waals surface area contributed by atoms with Gasteiger partial charge in [-0.25, -0.2) is 0 Å². The molecule has 1 N–H and O–H groups in total. The first kappa shape index (κ1) is 23.1. The number of aryl methyl sites for hydroxylation is 1. The first-order valence-corrected chi connectivity index (χ1v) is 10.7. The summed E-state index contributed by atoms with van der Waals surface area (Å²) < 4.78 is 10.9. The number of carbonyl (C=O) groups excluding carboxylic acids is 2. The molecule has 0 aromatic heterocycles. The maximum Gasteiger partial charge on any atom is 0.295 e. The van der Waals surface area contributed by atoms with Crippen molar-refractivity contribution < 1.29 is 24.2 Å². The molecule has 0 bridgehead atoms. The van der Waals surface area contributed by atoms with Gasteiger partial charge in [-0.3, -0.25) is 9.59 Å². The number of hydrogen-bond donors (Lipinski definition) is 1. The Morgan fingerprint density at radius 1 is 1.22 bits per heavy atom. The minimum absolute atomic E-state index is 0.0801. The third-order valence-corrected chi connectivity index (χ3v) is 5.50. The minimum atomic E-state index is -0.698. The lowest BCUT2D eigenvalue weighted by Crippen LogP contribution is -2.30. The van der Waals surface area contributed by atoms with Crippen molar-refractivity contribution in [3.8, 4) is 11.5 Å². The van der Waals surface area contributed by atoms with Gasteiger partial charge < -0.3 is 19.5 Å². The molecule has 168 valence electrons. The van der Waals surface area contributed by atoms with Gasteiger partial charge in [-0.05, 0) is 54.8 Å². The van der Waals surface area contributed by atoms with Crippen LogP contribution in [0.5, 0.6) is 11.5 Å². The number of hydrogen-bond acceptors (Lipinski definition) is 5. The van der Waals surface area contributed by atoms with Crippen molar-refractivity contribution in [1.82, 2.24) is 4.90 Å². The van der Waals surface area contributed by atoms with Gasteiger partial charge in [0.05, 0.1) is 18.7 Å². The fourth-order valence-corrected chi connectivity index (χ4v) is 3.90. The van der Waals surface area contributed by atoms with Gasteiger partial charge in [0.1, 0.15) is 23.9 Å². The molecule has 1 fully saturated rings. The van der Waals surface area contributed by atoms with Crippen LogP contribution in [0.4, 0.5) is 0 Å². The summed E-state index contributed by atoms with van der Waals surface area (Å²) in [6.07, 6.45) is 3.26. The van der Waals surface area contributed by atoms with Crippen LogP contribution in [-0.2, 0) is 9.59 Å². The van der Waals surface area contributed by atoms with Crippen LogP contribution in [-0.4, -0.2) is 42.0 Å². The van der Waals surface area contributed by atoms with Crippen LogP contribution >= 0.6 is 0 Å². The number of unbranched alkanes of at least 4 members (excludes halogenated alkanes) is 1. The number of aliphatic hydroxyl groups is 1. The maximum absolute atomic E-state index is 13.1. The Labute approximate surface area is 188 Å². The lowest BCUT2D eigenvalue weighted by molar-refractivity contribution is -0.139. The molecule has 1 aliphatic heterocycles. The van der Waals surface area contributed by atoms with Gasteiger partial charge in [-0.2, -0.15) is 0 Å². The number of likely N-dealkylation sites (tertiary alicyclic amines) is 1. The highest BCUT2D eigenvalue weighted by Crippen LogP contribution is 2.40. The van der Waals surface area contributed by atoms with Gasteiger partial charge in [-0.1, -0.05) is 38.1 Å². The van der Waals surface area contributed by atoms with Crippen LogP contribution in [0.15, 0.2) is 60.7 Å². The summed E-state index contributed by atoms with van der Waals surface area (Å²) in [7, 11) is 1.57. The quantitative estimate of drug-likeness (QED) is 0.265. The molecule has 0 radical (unpaired) electrons. The van der Waals surface area contributed by atoms with Gasteiger partial charge in [0.2, 0.25) is 0 Å². The number of nitrogens with zero attached hydrogens (tertiary/aromatic N) is 1. The van der Waals surface area contributed by atoms with E-state index < -0.39 is 17.7 Å². The topological polar surface area (TPSA) is 76.1 Å². The van der Waals surface area contributed by atoms with Crippen molar-refractivity contribution in [1.29, 1.82) is 0 Å². The van der Waals surface area contributed by atoms with E-state index in [1.165, 1.54) is 0 Å². The number of amides is 1. The summed E-state index contributed by atoms with van der Waals surface area (Å²) in [5, 5.41) is 11.2. The number of Topliss-reactive ketones (excluding diaryl/α,β-unsaturated/α-hetero) is 1. The van der Waals surface area contributed by atoms with Crippen molar-refractivity contribution in [2.45, 2.75) is 32.7 Å². The maximum atomic E-state index is 13.1. The molecule has 0 spiro atoms. The molecule has 1 aliphatic rings. The summed E-state index contributed by atoms with van der Waals surface area (Å²) in [5.74, 6) is -0.213. The number of ketones is 1. The smallest absolute Gasteiger partial charge is 0.295 e. The molecule has 0 saturated carbocycles. The first-order valence-electron chi connectivity index (χ1n) is 10.7. The van der Waals surface area contributed by atoms with Gasteiger partial charge in [0, 0.05) is 12.1 Å². The average molecular weight is 436 g/mol. The van der Waals surface area contributed by atoms with Gasteiger partial charge in [-0.15, -0.1) is 0 Å². The number of rotatable bonds is 9. The molecular formula is C26H29NO5. The molecule has 1 atom stereocenters. The number of methoxy groups -OCH3 is 1. The number of ether oxygens (including phenoxy) is 2. The van der Waals surface area contributed by atoms with Crippen molar-refractivity contribution in [2.75, 3.05) is 20.3 Å². The van der Waals surface area contributed by atoms with E-state index in [0.717, 1.165) is 18.4 Å². The third-order valence-electron chi connectivity index (χ3n) is 5.50. The standard InChI is InChI=1S/C26H29NO5/c1-5-7-13-27-23(18-9-8-10-20(16-18)32-14-6-2)22(25(29)26(27)30)24(28)19-11-12-21(31-4)17(3)15-19/h6,8-12,15-16,23,28H,2,5,7,13-14H2,1,3-4H3/b24-22+. The van der Waals surface area contributed by atoms with E-state index in [-0.39, 0.29) is 11.3 Å². The van der Waals surface area contributed by atoms with Crippen molar-refractivity contribution >= 4 is 17.4 Å². The first-order chi connectivity index (χ1) is 15.4. The Morgan fingerprint density at radius 3 is 2.66 bits per heavy atom. The van der Waals surface area contributed by atoms with Crippen LogP contribution in [0.25, 0.3) is 5.76 Å². The molecule has 1 unspecified atom stereocenters. The van der Waals surface area contributed by atoms with E-state index in [4.69, 9.17) is 9.47 Å². The monoisotopic (exact) mass is 435 g/mol. The average Bonchev–Trinajstić information content (AvgIpc) is 3.05. The molecule has 2 aromatic carbocycles. The van der Waals surface area contributed by atoms with E-state index in [2.05, 4.69) is 6.58 Å². The molecule has 0 aliphatic carbocycles. The fraction of sp³-hybridized carbons (Fsp3) is 0.308. The molecule has 3 rings (SSSR count).